The van der Waals surface area contributed by atoms with E-state index in [1.807, 2.05) is 30.3 Å². The molecule has 2 rings (SSSR count). The number of ether oxygens (including phenoxy) is 2. The van der Waals surface area contributed by atoms with Gasteiger partial charge >= 0.3 is 6.09 Å². The Morgan fingerprint density at radius 2 is 2.19 bits per heavy atom. The fourth-order valence-electron chi connectivity index (χ4n) is 2.36. The van der Waals surface area contributed by atoms with Crippen LogP contribution in [0.1, 0.15) is 25.3 Å². The number of nitrogens with one attached hydrogen (secondary N) is 2. The van der Waals surface area contributed by atoms with Crippen LogP contribution < -0.4 is 10.6 Å². The molecule has 1 aromatic carbocycles. The Morgan fingerprint density at radius 3 is 2.95 bits per heavy atom. The summed E-state index contributed by atoms with van der Waals surface area (Å²) in [5, 5.41) is 6.21. The number of hydrogen-bond donors (Lipinski definition) is 2. The fourth-order valence-corrected chi connectivity index (χ4v) is 2.36. The van der Waals surface area contributed by atoms with Crippen molar-refractivity contribution in [3.63, 3.8) is 0 Å². The van der Waals surface area contributed by atoms with Crippen LogP contribution in [-0.4, -0.2) is 37.9 Å². The summed E-state index contributed by atoms with van der Waals surface area (Å²) >= 11 is 0. The minimum absolute atomic E-state index is 0.0149. The summed E-state index contributed by atoms with van der Waals surface area (Å²) in [5.74, 6) is 0. The molecule has 0 unspecified atom stereocenters. The lowest BCUT2D eigenvalue weighted by molar-refractivity contribution is 0.0129. The maximum atomic E-state index is 11.9. The predicted octanol–water partition coefficient (Wildman–Crippen LogP) is 2.07. The van der Waals surface area contributed by atoms with E-state index in [0.29, 0.717) is 6.61 Å². The molecule has 1 fully saturated rings. The smallest absolute Gasteiger partial charge is 0.407 e. The van der Waals surface area contributed by atoms with Crippen molar-refractivity contribution < 1.29 is 14.3 Å². The number of hydrogen-bond acceptors (Lipinski definition) is 4. The summed E-state index contributed by atoms with van der Waals surface area (Å²) in [6.45, 7) is 4.73. The van der Waals surface area contributed by atoms with Gasteiger partial charge in [-0.15, -0.1) is 0 Å². The van der Waals surface area contributed by atoms with Crippen LogP contribution in [0.15, 0.2) is 30.3 Å². The zero-order valence-electron chi connectivity index (χ0n) is 12.5. The quantitative estimate of drug-likeness (QED) is 0.842. The average Bonchev–Trinajstić information content (AvgIpc) is 2.53. The first kappa shape index (κ1) is 15.8. The van der Waals surface area contributed by atoms with Crippen LogP contribution in [0, 0.1) is 0 Å². The minimum atomic E-state index is -0.379. The van der Waals surface area contributed by atoms with E-state index in [-0.39, 0.29) is 24.8 Å². The van der Waals surface area contributed by atoms with Crippen LogP contribution in [0.2, 0.25) is 0 Å². The van der Waals surface area contributed by atoms with Gasteiger partial charge in [0, 0.05) is 13.2 Å². The summed E-state index contributed by atoms with van der Waals surface area (Å²) < 4.78 is 11.0. The Kier molecular flexibility index (Phi) is 6.50. The van der Waals surface area contributed by atoms with E-state index in [0.717, 1.165) is 31.5 Å². The number of rotatable bonds is 6. The van der Waals surface area contributed by atoms with E-state index in [2.05, 4.69) is 17.6 Å². The maximum Gasteiger partial charge on any atom is 0.407 e. The standard InChI is InChI=1S/C16H24N2O3/c1-2-10-20-15-11-17-9-8-14(15)18-16(19)21-12-13-6-4-3-5-7-13/h3-7,14-15,17H,2,8-12H2,1H3,(H,18,19)/t14-,15+/m0/s1. The van der Waals surface area contributed by atoms with Gasteiger partial charge in [-0.3, -0.25) is 0 Å². The average molecular weight is 292 g/mol. The summed E-state index contributed by atoms with van der Waals surface area (Å²) in [7, 11) is 0. The zero-order valence-corrected chi connectivity index (χ0v) is 12.5. The molecule has 0 bridgehead atoms. The number of piperidine rings is 1. The molecule has 1 aromatic rings. The van der Waals surface area contributed by atoms with Crippen molar-refractivity contribution >= 4 is 6.09 Å². The van der Waals surface area contributed by atoms with Crippen LogP contribution in [0.5, 0.6) is 0 Å². The number of carbonyl (C=O) groups is 1. The van der Waals surface area contributed by atoms with Gasteiger partial charge in [-0.2, -0.15) is 0 Å². The second kappa shape index (κ2) is 8.64. The third-order valence-electron chi connectivity index (χ3n) is 3.48. The van der Waals surface area contributed by atoms with Crippen molar-refractivity contribution in [2.45, 2.75) is 38.5 Å². The Morgan fingerprint density at radius 1 is 1.38 bits per heavy atom. The highest BCUT2D eigenvalue weighted by Gasteiger charge is 2.27. The molecule has 5 heteroatoms. The van der Waals surface area contributed by atoms with Gasteiger partial charge in [-0.25, -0.2) is 4.79 Å². The summed E-state index contributed by atoms with van der Waals surface area (Å²) in [4.78, 5) is 11.9. The van der Waals surface area contributed by atoms with Crippen molar-refractivity contribution in [2.75, 3.05) is 19.7 Å². The fraction of sp³-hybridized carbons (Fsp3) is 0.562. The molecule has 0 saturated carbocycles. The van der Waals surface area contributed by atoms with E-state index in [1.54, 1.807) is 0 Å². The summed E-state index contributed by atoms with van der Waals surface area (Å²) in [6.07, 6.45) is 1.47. The van der Waals surface area contributed by atoms with E-state index in [4.69, 9.17) is 9.47 Å². The lowest BCUT2D eigenvalue weighted by Crippen LogP contribution is -2.54. The summed E-state index contributed by atoms with van der Waals surface area (Å²) in [6, 6.07) is 9.68. The van der Waals surface area contributed by atoms with Gasteiger partial charge < -0.3 is 20.1 Å². The van der Waals surface area contributed by atoms with Crippen LogP contribution in [0.3, 0.4) is 0 Å². The van der Waals surface area contributed by atoms with Crippen molar-refractivity contribution in [3.05, 3.63) is 35.9 Å². The Balaban J connectivity index is 1.77. The second-order valence-electron chi connectivity index (χ2n) is 5.21. The number of amides is 1. The predicted molar refractivity (Wildman–Crippen MR) is 81.1 cm³/mol. The first-order valence-electron chi connectivity index (χ1n) is 7.59. The normalized spacial score (nSPS) is 21.8. The molecule has 0 aliphatic carbocycles. The van der Waals surface area contributed by atoms with Crippen molar-refractivity contribution in [1.29, 1.82) is 0 Å². The van der Waals surface area contributed by atoms with Crippen LogP contribution >= 0.6 is 0 Å². The molecule has 0 aromatic heterocycles. The monoisotopic (exact) mass is 292 g/mol. The lowest BCUT2D eigenvalue weighted by Gasteiger charge is -2.32. The van der Waals surface area contributed by atoms with Gasteiger partial charge in [-0.1, -0.05) is 37.3 Å². The first-order chi connectivity index (χ1) is 10.3. The molecular formula is C16H24N2O3. The third kappa shape index (κ3) is 5.36. The number of carbonyl (C=O) groups excluding carboxylic acids is 1. The van der Waals surface area contributed by atoms with Gasteiger partial charge in [0.25, 0.3) is 0 Å². The zero-order chi connectivity index (χ0) is 14.9. The van der Waals surface area contributed by atoms with Gasteiger partial charge in [-0.05, 0) is 24.9 Å². The molecule has 21 heavy (non-hydrogen) atoms. The Bertz CT molecular complexity index is 425. The third-order valence-corrected chi connectivity index (χ3v) is 3.48. The van der Waals surface area contributed by atoms with Crippen molar-refractivity contribution in [2.24, 2.45) is 0 Å². The van der Waals surface area contributed by atoms with E-state index in [1.165, 1.54) is 0 Å². The molecule has 2 N–H and O–H groups in total. The van der Waals surface area contributed by atoms with E-state index in [9.17, 15) is 4.79 Å². The maximum absolute atomic E-state index is 11.9. The molecule has 1 amide bonds. The lowest BCUT2D eigenvalue weighted by atomic mass is 10.0. The molecule has 0 radical (unpaired) electrons. The molecular weight excluding hydrogens is 268 g/mol. The number of benzene rings is 1. The van der Waals surface area contributed by atoms with Crippen LogP contribution in [-0.2, 0) is 16.1 Å². The second-order valence-corrected chi connectivity index (χ2v) is 5.21. The highest BCUT2D eigenvalue weighted by molar-refractivity contribution is 5.67. The van der Waals surface area contributed by atoms with Gasteiger partial charge in [0.1, 0.15) is 6.61 Å². The molecule has 0 spiro atoms. The molecule has 2 atom stereocenters. The molecule has 1 heterocycles. The Hall–Kier alpha value is -1.59. The molecule has 1 aliphatic rings. The van der Waals surface area contributed by atoms with Crippen LogP contribution in [0.25, 0.3) is 0 Å². The van der Waals surface area contributed by atoms with Gasteiger partial charge in [0.2, 0.25) is 0 Å². The van der Waals surface area contributed by atoms with Crippen molar-refractivity contribution in [1.82, 2.24) is 10.6 Å². The topological polar surface area (TPSA) is 59.6 Å². The molecule has 1 saturated heterocycles. The molecule has 116 valence electrons. The van der Waals surface area contributed by atoms with Crippen LogP contribution in [0.4, 0.5) is 4.79 Å². The Labute approximate surface area is 126 Å². The van der Waals surface area contributed by atoms with Gasteiger partial charge in [0.15, 0.2) is 0 Å². The molecule has 5 nitrogen and oxygen atoms in total. The SMILES string of the molecule is CCCO[C@@H]1CNCC[C@@H]1NC(=O)OCc1ccccc1. The summed E-state index contributed by atoms with van der Waals surface area (Å²) in [5.41, 5.74) is 0.983. The highest BCUT2D eigenvalue weighted by atomic mass is 16.5. The number of alkyl carbamates (subject to hydrolysis) is 1. The largest absolute Gasteiger partial charge is 0.445 e. The highest BCUT2D eigenvalue weighted by Crippen LogP contribution is 2.09. The van der Waals surface area contributed by atoms with E-state index >= 15 is 0 Å². The van der Waals surface area contributed by atoms with Crippen molar-refractivity contribution in [3.8, 4) is 0 Å². The first-order valence-corrected chi connectivity index (χ1v) is 7.59. The van der Waals surface area contributed by atoms with Gasteiger partial charge in [0.05, 0.1) is 12.1 Å². The molecule has 1 aliphatic heterocycles. The van der Waals surface area contributed by atoms with E-state index < -0.39 is 0 Å². The minimum Gasteiger partial charge on any atom is -0.445 e.